The van der Waals surface area contributed by atoms with Gasteiger partial charge in [0.15, 0.2) is 5.78 Å². The van der Waals surface area contributed by atoms with Gasteiger partial charge in [0.25, 0.3) is 0 Å². The molecule has 0 atom stereocenters. The predicted molar refractivity (Wildman–Crippen MR) is 85.9 cm³/mol. The molecule has 0 aromatic heterocycles. The molecule has 0 bridgehead atoms. The highest BCUT2D eigenvalue weighted by Gasteiger charge is 2.23. The molecule has 4 nitrogen and oxygen atoms in total. The molecule has 114 valence electrons. The van der Waals surface area contributed by atoms with E-state index in [1.807, 2.05) is 24.3 Å². The largest absolute Gasteiger partial charge is 0.294 e. The Labute approximate surface area is 134 Å². The van der Waals surface area contributed by atoms with Gasteiger partial charge in [0.1, 0.15) is 0 Å². The number of carbonyl (C=O) groups excluding carboxylic acids is 1. The molecule has 0 fully saturated rings. The molecule has 0 saturated heterocycles. The van der Waals surface area contributed by atoms with Crippen molar-refractivity contribution < 1.29 is 13.2 Å². The quantitative estimate of drug-likeness (QED) is 0.848. The Morgan fingerprint density at radius 1 is 1.05 bits per heavy atom. The van der Waals surface area contributed by atoms with Crippen LogP contribution in [0.1, 0.15) is 15.9 Å². The smallest absolute Gasteiger partial charge is 0.242 e. The standard InChI is InChI=1S/C16H15NO3S2/c1-17(2)22(19,20)12-7-8-15-11(9-12)10-14(18)13-5-3-4-6-16(13)21-15/h3-9H,10H2,1-2H3. The molecule has 0 unspecified atom stereocenters. The number of rotatable bonds is 2. The molecule has 3 rings (SSSR count). The Balaban J connectivity index is 2.10. The van der Waals surface area contributed by atoms with Gasteiger partial charge in [-0.1, -0.05) is 30.0 Å². The van der Waals surface area contributed by atoms with Gasteiger partial charge in [-0.15, -0.1) is 0 Å². The number of carbonyl (C=O) groups is 1. The van der Waals surface area contributed by atoms with E-state index in [1.54, 1.807) is 18.2 Å². The third-order valence-corrected chi connectivity index (χ3v) is 6.57. The van der Waals surface area contributed by atoms with Crippen LogP contribution in [0.25, 0.3) is 0 Å². The number of ketones is 1. The average Bonchev–Trinajstić information content (AvgIpc) is 2.62. The number of hydrogen-bond acceptors (Lipinski definition) is 4. The normalized spacial score (nSPS) is 14.4. The van der Waals surface area contributed by atoms with Crippen molar-refractivity contribution in [1.29, 1.82) is 0 Å². The monoisotopic (exact) mass is 333 g/mol. The number of benzene rings is 2. The Hall–Kier alpha value is -1.63. The van der Waals surface area contributed by atoms with Gasteiger partial charge in [0.2, 0.25) is 10.0 Å². The van der Waals surface area contributed by atoms with Crippen molar-refractivity contribution in [2.45, 2.75) is 21.1 Å². The third-order valence-electron chi connectivity index (χ3n) is 3.57. The van der Waals surface area contributed by atoms with Gasteiger partial charge < -0.3 is 0 Å². The molecule has 2 aromatic rings. The summed E-state index contributed by atoms with van der Waals surface area (Å²) >= 11 is 1.51. The summed E-state index contributed by atoms with van der Waals surface area (Å²) in [7, 11) is -0.501. The van der Waals surface area contributed by atoms with Crippen LogP contribution in [-0.2, 0) is 16.4 Å². The molecule has 22 heavy (non-hydrogen) atoms. The summed E-state index contributed by atoms with van der Waals surface area (Å²) in [6.07, 6.45) is 0.218. The van der Waals surface area contributed by atoms with Crippen molar-refractivity contribution in [3.8, 4) is 0 Å². The summed E-state index contributed by atoms with van der Waals surface area (Å²) in [4.78, 5) is 14.4. The molecule has 1 heterocycles. The lowest BCUT2D eigenvalue weighted by molar-refractivity contribution is 0.0990. The first-order valence-electron chi connectivity index (χ1n) is 6.75. The molecule has 2 aromatic carbocycles. The lowest BCUT2D eigenvalue weighted by Crippen LogP contribution is -2.22. The average molecular weight is 333 g/mol. The number of sulfonamides is 1. The third kappa shape index (κ3) is 2.58. The Bertz CT molecular complexity index is 857. The van der Waals surface area contributed by atoms with Crippen LogP contribution in [0, 0.1) is 0 Å². The maximum absolute atomic E-state index is 12.4. The first kappa shape index (κ1) is 15.3. The van der Waals surface area contributed by atoms with Crippen LogP contribution < -0.4 is 0 Å². The van der Waals surface area contributed by atoms with Crippen LogP contribution in [-0.4, -0.2) is 32.6 Å². The highest BCUT2D eigenvalue weighted by Crippen LogP contribution is 2.37. The number of fused-ring (bicyclic) bond motifs is 2. The summed E-state index contributed by atoms with van der Waals surface area (Å²) < 4.78 is 25.7. The van der Waals surface area contributed by atoms with Crippen LogP contribution in [0.5, 0.6) is 0 Å². The Morgan fingerprint density at radius 2 is 1.77 bits per heavy atom. The van der Waals surface area contributed by atoms with E-state index in [0.29, 0.717) is 5.56 Å². The van der Waals surface area contributed by atoms with E-state index in [9.17, 15) is 13.2 Å². The van der Waals surface area contributed by atoms with Crippen LogP contribution in [0.15, 0.2) is 57.2 Å². The van der Waals surface area contributed by atoms with Crippen LogP contribution >= 0.6 is 11.8 Å². The summed E-state index contributed by atoms with van der Waals surface area (Å²) in [6.45, 7) is 0. The van der Waals surface area contributed by atoms with Gasteiger partial charge in [-0.25, -0.2) is 12.7 Å². The van der Waals surface area contributed by atoms with E-state index in [2.05, 4.69) is 0 Å². The Kier molecular flexibility index (Phi) is 3.84. The fraction of sp³-hybridized carbons (Fsp3) is 0.188. The minimum atomic E-state index is -3.49. The summed E-state index contributed by atoms with van der Waals surface area (Å²) in [5.41, 5.74) is 1.45. The van der Waals surface area contributed by atoms with E-state index in [4.69, 9.17) is 0 Å². The topological polar surface area (TPSA) is 54.5 Å². The number of hydrogen-bond donors (Lipinski definition) is 0. The predicted octanol–water partition coefficient (Wildman–Crippen LogP) is 2.83. The molecule has 0 saturated carbocycles. The lowest BCUT2D eigenvalue weighted by atomic mass is 10.0. The molecular formula is C16H15NO3S2. The van der Waals surface area contributed by atoms with E-state index in [0.717, 1.165) is 15.4 Å². The highest BCUT2D eigenvalue weighted by atomic mass is 32.2. The first-order valence-corrected chi connectivity index (χ1v) is 9.01. The molecule has 0 amide bonds. The molecule has 0 aliphatic carbocycles. The lowest BCUT2D eigenvalue weighted by Gasteiger charge is -2.13. The van der Waals surface area contributed by atoms with Crippen LogP contribution in [0.4, 0.5) is 0 Å². The van der Waals surface area contributed by atoms with Gasteiger partial charge in [0, 0.05) is 35.9 Å². The minimum absolute atomic E-state index is 0.0150. The van der Waals surface area contributed by atoms with E-state index >= 15 is 0 Å². The Morgan fingerprint density at radius 3 is 2.50 bits per heavy atom. The van der Waals surface area contributed by atoms with Crippen molar-refractivity contribution in [3.05, 3.63) is 53.6 Å². The second-order valence-electron chi connectivity index (χ2n) is 5.26. The second kappa shape index (κ2) is 5.53. The van der Waals surface area contributed by atoms with Crippen molar-refractivity contribution in [2.24, 2.45) is 0 Å². The van der Waals surface area contributed by atoms with E-state index in [1.165, 1.54) is 30.2 Å². The molecule has 1 aliphatic heterocycles. The fourth-order valence-corrected chi connectivity index (χ4v) is 4.36. The van der Waals surface area contributed by atoms with Crippen molar-refractivity contribution in [3.63, 3.8) is 0 Å². The summed E-state index contributed by atoms with van der Waals surface area (Å²) in [5, 5.41) is 0. The van der Waals surface area contributed by atoms with Gasteiger partial charge in [-0.3, -0.25) is 4.79 Å². The molecule has 6 heteroatoms. The van der Waals surface area contributed by atoms with Crippen LogP contribution in [0.2, 0.25) is 0 Å². The molecule has 0 spiro atoms. The van der Waals surface area contributed by atoms with Crippen molar-refractivity contribution >= 4 is 27.6 Å². The van der Waals surface area contributed by atoms with Crippen molar-refractivity contribution in [1.82, 2.24) is 4.31 Å². The van der Waals surface area contributed by atoms with Gasteiger partial charge >= 0.3 is 0 Å². The zero-order valence-corrected chi connectivity index (χ0v) is 13.9. The highest BCUT2D eigenvalue weighted by molar-refractivity contribution is 7.99. The maximum atomic E-state index is 12.4. The van der Waals surface area contributed by atoms with Gasteiger partial charge in [-0.2, -0.15) is 0 Å². The maximum Gasteiger partial charge on any atom is 0.242 e. The molecule has 0 radical (unpaired) electrons. The SMILES string of the molecule is CN(C)S(=O)(=O)c1ccc2c(c1)CC(=O)c1ccccc1S2. The van der Waals surface area contributed by atoms with E-state index < -0.39 is 10.0 Å². The molecule has 0 N–H and O–H groups in total. The van der Waals surface area contributed by atoms with Gasteiger partial charge in [-0.05, 0) is 29.8 Å². The fourth-order valence-electron chi connectivity index (χ4n) is 2.34. The zero-order chi connectivity index (χ0) is 15.9. The van der Waals surface area contributed by atoms with Gasteiger partial charge in [0.05, 0.1) is 4.90 Å². The number of Topliss-reactive ketones (excluding diaryl/α,β-unsaturated/α-hetero) is 1. The number of nitrogens with zero attached hydrogens (tertiary/aromatic N) is 1. The molecular weight excluding hydrogens is 318 g/mol. The minimum Gasteiger partial charge on any atom is -0.294 e. The summed E-state index contributed by atoms with van der Waals surface area (Å²) in [6, 6.07) is 12.5. The molecule has 1 aliphatic rings. The van der Waals surface area contributed by atoms with E-state index in [-0.39, 0.29) is 17.1 Å². The van der Waals surface area contributed by atoms with Crippen LogP contribution in [0.3, 0.4) is 0 Å². The summed E-state index contributed by atoms with van der Waals surface area (Å²) in [5.74, 6) is 0.0150. The van der Waals surface area contributed by atoms with Crippen molar-refractivity contribution in [2.75, 3.05) is 14.1 Å². The first-order chi connectivity index (χ1) is 10.4. The zero-order valence-electron chi connectivity index (χ0n) is 12.2. The second-order valence-corrected chi connectivity index (χ2v) is 8.49.